The van der Waals surface area contributed by atoms with Crippen molar-refractivity contribution in [2.45, 2.75) is 133 Å². The predicted octanol–water partition coefficient (Wildman–Crippen LogP) is 4.03. The van der Waals surface area contributed by atoms with Gasteiger partial charge in [0.1, 0.15) is 24.5 Å². The van der Waals surface area contributed by atoms with Gasteiger partial charge in [0.05, 0.1) is 25.4 Å². The zero-order valence-corrected chi connectivity index (χ0v) is 36.6. The van der Waals surface area contributed by atoms with Gasteiger partial charge in [-0.05, 0) is 62.1 Å². The number of thioether (sulfide) groups is 1. The van der Waals surface area contributed by atoms with Crippen molar-refractivity contribution in [1.29, 1.82) is 0 Å². The van der Waals surface area contributed by atoms with Gasteiger partial charge in [-0.3, -0.25) is 28.8 Å². The molecule has 0 bridgehead atoms. The molecular formula is C43H53N5O13S. The Bertz CT molecular complexity index is 2100. The van der Waals surface area contributed by atoms with Gasteiger partial charge in [0.25, 0.3) is 5.91 Å². The van der Waals surface area contributed by atoms with Crippen LogP contribution in [0.25, 0.3) is 0 Å². The van der Waals surface area contributed by atoms with Gasteiger partial charge in [0.2, 0.25) is 10.8 Å². The summed E-state index contributed by atoms with van der Waals surface area (Å²) < 4.78 is 36.1. The van der Waals surface area contributed by atoms with Crippen LogP contribution in [0.1, 0.15) is 99.3 Å². The fraction of sp³-hybridized carbons (Fsp3) is 0.512. The summed E-state index contributed by atoms with van der Waals surface area (Å²) in [4.78, 5) is 90.5. The highest BCUT2D eigenvalue weighted by molar-refractivity contribution is 8.01. The molecule has 1 aromatic heterocycles. The second-order valence-corrected chi connectivity index (χ2v) is 16.7. The highest BCUT2D eigenvalue weighted by atomic mass is 32.2. The lowest BCUT2D eigenvalue weighted by Gasteiger charge is -2.48. The maximum atomic E-state index is 14.0. The quantitative estimate of drug-likeness (QED) is 0.118. The van der Waals surface area contributed by atoms with Gasteiger partial charge < -0.3 is 39.1 Å². The first-order valence-corrected chi connectivity index (χ1v) is 21.1. The third kappa shape index (κ3) is 12.4. The molecule has 2 amide bonds. The summed E-state index contributed by atoms with van der Waals surface area (Å²) in [5, 5.41) is 14.1. The molecule has 1 aliphatic heterocycles. The number of carbonyl (C=O) groups excluding carboxylic acids is 7. The molecule has 19 heteroatoms. The minimum Gasteiger partial charge on any atom is -0.466 e. The first-order chi connectivity index (χ1) is 29.5. The van der Waals surface area contributed by atoms with Gasteiger partial charge in [0.15, 0.2) is 12.2 Å². The van der Waals surface area contributed by atoms with Crippen molar-refractivity contribution in [1.82, 2.24) is 25.6 Å². The van der Waals surface area contributed by atoms with Crippen molar-refractivity contribution >= 4 is 53.4 Å². The molecule has 2 unspecified atom stereocenters. The molecule has 62 heavy (non-hydrogen) atoms. The van der Waals surface area contributed by atoms with Crippen LogP contribution < -0.4 is 15.4 Å². The number of amides is 2. The molecule has 5 rings (SSSR count). The third-order valence-corrected chi connectivity index (χ3v) is 11.6. The van der Waals surface area contributed by atoms with Gasteiger partial charge in [-0.1, -0.05) is 54.4 Å². The summed E-state index contributed by atoms with van der Waals surface area (Å²) in [5.74, 6) is -4.70. The fourth-order valence-electron chi connectivity index (χ4n) is 7.81. The number of aromatic nitrogens is 3. The van der Waals surface area contributed by atoms with Gasteiger partial charge in [-0.25, -0.2) is 9.48 Å². The second kappa shape index (κ2) is 21.3. The Morgan fingerprint density at radius 1 is 0.903 bits per heavy atom. The van der Waals surface area contributed by atoms with E-state index >= 15 is 0 Å². The Hall–Kier alpha value is -5.82. The van der Waals surface area contributed by atoms with Crippen LogP contribution in [0.4, 0.5) is 0 Å². The molecule has 2 fully saturated rings. The molecule has 1 aliphatic carbocycles. The molecule has 1 saturated carbocycles. The number of nitrogens with one attached hydrogen (secondary N) is 2. The van der Waals surface area contributed by atoms with Crippen LogP contribution >= 0.6 is 11.8 Å². The lowest BCUT2D eigenvalue weighted by molar-refractivity contribution is -0.220. The summed E-state index contributed by atoms with van der Waals surface area (Å²) in [6.45, 7) is 7.11. The van der Waals surface area contributed by atoms with E-state index < -0.39 is 83.6 Å². The summed E-state index contributed by atoms with van der Waals surface area (Å²) in [7, 11) is 1.14. The zero-order valence-electron chi connectivity index (χ0n) is 35.8. The molecule has 1 saturated heterocycles. The van der Waals surface area contributed by atoms with Crippen molar-refractivity contribution in [3.63, 3.8) is 0 Å². The van der Waals surface area contributed by atoms with Crippen molar-refractivity contribution in [2.75, 3.05) is 13.7 Å². The first kappa shape index (κ1) is 47.2. The topological polar surface area (TPSA) is 230 Å². The maximum absolute atomic E-state index is 14.0. The van der Waals surface area contributed by atoms with Crippen LogP contribution in [-0.4, -0.2) is 106 Å². The molecule has 2 aliphatic rings. The number of hydrogen-bond acceptors (Lipinski definition) is 16. The van der Waals surface area contributed by atoms with Crippen molar-refractivity contribution in [3.05, 3.63) is 71.0 Å². The Morgan fingerprint density at radius 3 is 2.16 bits per heavy atom. The highest BCUT2D eigenvalue weighted by Crippen LogP contribution is 2.46. The largest absolute Gasteiger partial charge is 0.466 e. The SMILES string of the molecule is COC(=O)[C@@]1(Sc2ccccc2)C[C@@H](OC(C)=O)C(NC(=O)Cn2cc(C3CCCCC3)nn2)C([C@H](OC(C)=O)[C@@H](CNC(=O)c2cc(C)c(OC(C)=O)c(C)c2)OC(C)=O)O1. The molecule has 6 atom stereocenters. The van der Waals surface area contributed by atoms with Crippen LogP contribution in [-0.2, 0) is 59.0 Å². The van der Waals surface area contributed by atoms with Gasteiger partial charge in [-0.2, -0.15) is 0 Å². The molecular weight excluding hydrogens is 827 g/mol. The number of carbonyl (C=O) groups is 7. The first-order valence-electron chi connectivity index (χ1n) is 20.3. The number of esters is 5. The van der Waals surface area contributed by atoms with E-state index in [1.165, 1.54) is 23.7 Å². The number of hydrogen-bond donors (Lipinski definition) is 2. The minimum atomic E-state index is -2.01. The lowest BCUT2D eigenvalue weighted by Crippen LogP contribution is -2.68. The molecule has 0 radical (unpaired) electrons. The molecule has 2 aromatic carbocycles. The number of benzene rings is 2. The second-order valence-electron chi connectivity index (χ2n) is 15.3. The van der Waals surface area contributed by atoms with Crippen LogP contribution in [0.15, 0.2) is 53.6 Å². The van der Waals surface area contributed by atoms with E-state index in [2.05, 4.69) is 20.9 Å². The molecule has 18 nitrogen and oxygen atoms in total. The average molecular weight is 880 g/mol. The maximum Gasteiger partial charge on any atom is 0.349 e. The number of ether oxygens (including phenoxy) is 6. The normalized spacial score (nSPS) is 21.0. The van der Waals surface area contributed by atoms with E-state index in [4.69, 9.17) is 28.4 Å². The molecule has 0 spiro atoms. The van der Waals surface area contributed by atoms with E-state index in [0.29, 0.717) is 21.8 Å². The standard InChI is InChI=1S/C43H53N5O13S/c1-24-18-31(19-25(2)38(24)59-28(5)51)41(54)44-21-35(58-27(4)50)39(60-29(6)52)40-37(45-36(53)23-48-22-33(46-47-48)30-14-10-8-11-15-30)34(57-26(3)49)20-43(61-40,42(55)56-7)62-32-16-12-9-13-17-32/h9,12-13,16-19,22,30,34-35,37,39-40H,8,10-11,14-15,20-21,23H2,1-7H3,(H,44,54)(H,45,53)/t34-,35-,37?,39-,40?,43+/m1/s1. The van der Waals surface area contributed by atoms with E-state index in [-0.39, 0.29) is 24.4 Å². The number of methoxy groups -OCH3 is 1. The number of aryl methyl sites for hydroxylation is 2. The smallest absolute Gasteiger partial charge is 0.349 e. The number of rotatable bonds is 16. The van der Waals surface area contributed by atoms with Crippen molar-refractivity contribution in [2.24, 2.45) is 0 Å². The predicted molar refractivity (Wildman–Crippen MR) is 221 cm³/mol. The molecule has 2 N–H and O–H groups in total. The fourth-order valence-corrected chi connectivity index (χ4v) is 9.06. The van der Waals surface area contributed by atoms with Gasteiger partial charge in [-0.15, -0.1) is 5.10 Å². The number of nitrogens with zero attached hydrogens (tertiary/aromatic N) is 3. The van der Waals surface area contributed by atoms with Crippen LogP contribution in [0, 0.1) is 13.8 Å². The zero-order chi connectivity index (χ0) is 45.1. The van der Waals surface area contributed by atoms with Gasteiger partial charge in [0, 0.05) is 56.7 Å². The summed E-state index contributed by atoms with van der Waals surface area (Å²) in [6, 6.07) is 10.3. The van der Waals surface area contributed by atoms with E-state index in [9.17, 15) is 33.6 Å². The molecule has 2 heterocycles. The van der Waals surface area contributed by atoms with E-state index in [1.807, 2.05) is 0 Å². The Kier molecular flexibility index (Phi) is 16.2. The Labute approximate surface area is 363 Å². The van der Waals surface area contributed by atoms with Crippen molar-refractivity contribution in [3.8, 4) is 5.75 Å². The van der Waals surface area contributed by atoms with Crippen LogP contribution in [0.3, 0.4) is 0 Å². The third-order valence-electron chi connectivity index (χ3n) is 10.3. The Balaban J connectivity index is 1.56. The lowest BCUT2D eigenvalue weighted by atomic mass is 9.87. The Morgan fingerprint density at radius 2 is 1.56 bits per heavy atom. The highest BCUT2D eigenvalue weighted by Gasteiger charge is 2.59. The van der Waals surface area contributed by atoms with E-state index in [0.717, 1.165) is 77.4 Å². The summed E-state index contributed by atoms with van der Waals surface area (Å²) in [5.41, 5.74) is 1.93. The minimum absolute atomic E-state index is 0.166. The summed E-state index contributed by atoms with van der Waals surface area (Å²) >= 11 is 0.931. The van der Waals surface area contributed by atoms with Crippen LogP contribution in [0.5, 0.6) is 5.75 Å². The monoisotopic (exact) mass is 879 g/mol. The summed E-state index contributed by atoms with van der Waals surface area (Å²) in [6.07, 6.45) is 0.371. The molecule has 334 valence electrons. The average Bonchev–Trinajstić information content (AvgIpc) is 3.68. The van der Waals surface area contributed by atoms with E-state index in [1.54, 1.807) is 50.4 Å². The van der Waals surface area contributed by atoms with Crippen molar-refractivity contribution < 1.29 is 62.0 Å². The van der Waals surface area contributed by atoms with Crippen LogP contribution in [0.2, 0.25) is 0 Å². The van der Waals surface area contributed by atoms with Gasteiger partial charge >= 0.3 is 29.8 Å². The molecule has 3 aromatic rings.